The van der Waals surface area contributed by atoms with Crippen LogP contribution < -0.4 is 0 Å². The molecule has 0 N–H and O–H groups in total. The second-order valence-corrected chi connectivity index (χ2v) is 7.01. The van der Waals surface area contributed by atoms with Gasteiger partial charge in [0.15, 0.2) is 0 Å². The lowest BCUT2D eigenvalue weighted by Gasteiger charge is -2.18. The predicted octanol–water partition coefficient (Wildman–Crippen LogP) is 1.82. The van der Waals surface area contributed by atoms with Gasteiger partial charge in [-0.25, -0.2) is 0 Å². The lowest BCUT2D eigenvalue weighted by atomic mass is 10.1. The monoisotopic (exact) mass is 266 g/mol. The number of thiophene rings is 1. The van der Waals surface area contributed by atoms with Crippen LogP contribution in [0.3, 0.4) is 0 Å². The van der Waals surface area contributed by atoms with Crippen LogP contribution in [0.5, 0.6) is 0 Å². The maximum Gasteiger partial charge on any atom is 0.0755 e. The van der Waals surface area contributed by atoms with Gasteiger partial charge in [-0.05, 0) is 26.1 Å². The molecule has 0 amide bonds. The highest BCUT2D eigenvalue weighted by atomic mass is 32.1. The number of ether oxygens (including phenoxy) is 1. The Labute approximate surface area is 113 Å². The van der Waals surface area contributed by atoms with E-state index in [1.54, 1.807) is 0 Å². The molecular weight excluding hydrogens is 244 g/mol. The number of fused-ring (bicyclic) bond motifs is 1. The molecule has 2 fully saturated rings. The molecule has 4 heteroatoms. The lowest BCUT2D eigenvalue weighted by molar-refractivity contribution is 0.0515. The molecule has 0 bridgehead atoms. The highest BCUT2D eigenvalue weighted by Crippen LogP contribution is 2.26. The summed E-state index contributed by atoms with van der Waals surface area (Å²) in [7, 11) is 2.21. The molecule has 3 rings (SSSR count). The molecule has 0 unspecified atom stereocenters. The summed E-state index contributed by atoms with van der Waals surface area (Å²) in [5.41, 5.74) is 0. The Kier molecular flexibility index (Phi) is 3.71. The minimum absolute atomic E-state index is 0.455. The van der Waals surface area contributed by atoms with Crippen molar-refractivity contribution >= 4 is 11.3 Å². The van der Waals surface area contributed by atoms with Crippen LogP contribution in [0.4, 0.5) is 0 Å². The summed E-state index contributed by atoms with van der Waals surface area (Å²) in [6.45, 7) is 8.73. The summed E-state index contributed by atoms with van der Waals surface area (Å²) in [4.78, 5) is 7.86. The average molecular weight is 266 g/mol. The molecule has 2 atom stereocenters. The molecule has 3 heterocycles. The van der Waals surface area contributed by atoms with Crippen LogP contribution in [-0.4, -0.2) is 55.7 Å². The molecule has 2 aliphatic heterocycles. The normalized spacial score (nSPS) is 30.3. The van der Waals surface area contributed by atoms with Crippen molar-refractivity contribution < 1.29 is 4.74 Å². The fourth-order valence-corrected chi connectivity index (χ4v) is 4.00. The molecule has 3 nitrogen and oxygen atoms in total. The molecule has 2 saturated heterocycles. The van der Waals surface area contributed by atoms with E-state index in [2.05, 4.69) is 35.9 Å². The third-order valence-electron chi connectivity index (χ3n) is 3.98. The van der Waals surface area contributed by atoms with E-state index in [9.17, 15) is 0 Å². The molecule has 0 aromatic carbocycles. The van der Waals surface area contributed by atoms with Gasteiger partial charge in [0.2, 0.25) is 0 Å². The summed E-state index contributed by atoms with van der Waals surface area (Å²) in [6, 6.07) is 4.49. The van der Waals surface area contributed by atoms with E-state index in [4.69, 9.17) is 4.74 Å². The molecule has 0 saturated carbocycles. The highest BCUT2D eigenvalue weighted by molar-refractivity contribution is 7.11. The third kappa shape index (κ3) is 2.77. The van der Waals surface area contributed by atoms with E-state index in [0.29, 0.717) is 12.0 Å². The number of nitrogens with zero attached hydrogens (tertiary/aromatic N) is 2. The highest BCUT2D eigenvalue weighted by Gasteiger charge is 2.35. The Morgan fingerprint density at radius 2 is 2.22 bits per heavy atom. The van der Waals surface area contributed by atoms with Gasteiger partial charge in [0.1, 0.15) is 0 Å². The number of hydrogen-bond acceptors (Lipinski definition) is 4. The zero-order chi connectivity index (χ0) is 12.5. The first-order chi connectivity index (χ1) is 8.70. The Morgan fingerprint density at radius 1 is 1.33 bits per heavy atom. The van der Waals surface area contributed by atoms with Crippen molar-refractivity contribution in [3.8, 4) is 0 Å². The minimum atomic E-state index is 0.455. The third-order valence-corrected chi connectivity index (χ3v) is 4.97. The SMILES string of the molecule is Cc1ccc(CN2C[C@H]3CN(C)CCO[C@H]3C2)s1. The molecule has 2 aliphatic rings. The van der Waals surface area contributed by atoms with Gasteiger partial charge < -0.3 is 9.64 Å². The Hall–Kier alpha value is -0.420. The topological polar surface area (TPSA) is 15.7 Å². The van der Waals surface area contributed by atoms with Gasteiger partial charge in [0, 0.05) is 48.4 Å². The Bertz CT molecular complexity index is 406. The summed E-state index contributed by atoms with van der Waals surface area (Å²) in [5.74, 6) is 0.693. The van der Waals surface area contributed by atoms with Crippen molar-refractivity contribution in [3.63, 3.8) is 0 Å². The molecule has 0 radical (unpaired) electrons. The molecule has 100 valence electrons. The number of likely N-dealkylation sites (N-methyl/N-ethyl adjacent to an activating group) is 1. The predicted molar refractivity (Wildman–Crippen MR) is 75.1 cm³/mol. The first-order valence-electron chi connectivity index (χ1n) is 6.78. The van der Waals surface area contributed by atoms with E-state index >= 15 is 0 Å². The summed E-state index contributed by atoms with van der Waals surface area (Å²) in [6.07, 6.45) is 0.455. The first-order valence-corrected chi connectivity index (χ1v) is 7.60. The Balaban J connectivity index is 1.60. The van der Waals surface area contributed by atoms with Crippen LogP contribution in [-0.2, 0) is 11.3 Å². The van der Waals surface area contributed by atoms with Gasteiger partial charge in [-0.2, -0.15) is 0 Å². The zero-order valence-corrected chi connectivity index (χ0v) is 12.1. The van der Waals surface area contributed by atoms with Gasteiger partial charge in [0.05, 0.1) is 12.7 Å². The van der Waals surface area contributed by atoms with Gasteiger partial charge in [-0.3, -0.25) is 4.90 Å². The Morgan fingerprint density at radius 3 is 3.00 bits per heavy atom. The van der Waals surface area contributed by atoms with Crippen LogP contribution in [0.15, 0.2) is 12.1 Å². The van der Waals surface area contributed by atoms with Crippen molar-refractivity contribution in [2.45, 2.75) is 19.6 Å². The van der Waals surface area contributed by atoms with Crippen LogP contribution in [0, 0.1) is 12.8 Å². The second-order valence-electron chi connectivity index (χ2n) is 5.64. The number of aryl methyl sites for hydroxylation is 1. The van der Waals surface area contributed by atoms with Crippen molar-refractivity contribution in [3.05, 3.63) is 21.9 Å². The fourth-order valence-electron chi connectivity index (χ4n) is 3.06. The quantitative estimate of drug-likeness (QED) is 0.812. The zero-order valence-electron chi connectivity index (χ0n) is 11.3. The molecule has 0 spiro atoms. The van der Waals surface area contributed by atoms with Gasteiger partial charge in [-0.1, -0.05) is 0 Å². The van der Waals surface area contributed by atoms with Gasteiger partial charge in [0.25, 0.3) is 0 Å². The largest absolute Gasteiger partial charge is 0.375 e. The van der Waals surface area contributed by atoms with E-state index in [-0.39, 0.29) is 0 Å². The molecule has 0 aliphatic carbocycles. The summed E-state index contributed by atoms with van der Waals surface area (Å²) < 4.78 is 5.99. The minimum Gasteiger partial charge on any atom is -0.375 e. The van der Waals surface area contributed by atoms with Crippen molar-refractivity contribution in [2.24, 2.45) is 5.92 Å². The number of hydrogen-bond donors (Lipinski definition) is 0. The molecule has 18 heavy (non-hydrogen) atoms. The number of rotatable bonds is 2. The molecular formula is C14H22N2OS. The first kappa shape index (κ1) is 12.6. The van der Waals surface area contributed by atoms with E-state index in [0.717, 1.165) is 26.2 Å². The maximum absolute atomic E-state index is 5.99. The lowest BCUT2D eigenvalue weighted by Crippen LogP contribution is -2.29. The van der Waals surface area contributed by atoms with E-state index in [1.807, 2.05) is 11.3 Å². The van der Waals surface area contributed by atoms with Crippen LogP contribution in [0.2, 0.25) is 0 Å². The smallest absolute Gasteiger partial charge is 0.0755 e. The fraction of sp³-hybridized carbons (Fsp3) is 0.714. The van der Waals surface area contributed by atoms with Crippen LogP contribution >= 0.6 is 11.3 Å². The van der Waals surface area contributed by atoms with Crippen molar-refractivity contribution in [2.75, 3.05) is 39.8 Å². The van der Waals surface area contributed by atoms with Crippen LogP contribution in [0.25, 0.3) is 0 Å². The molecule has 1 aromatic heterocycles. The van der Waals surface area contributed by atoms with E-state index < -0.39 is 0 Å². The number of likely N-dealkylation sites (tertiary alicyclic amines) is 1. The van der Waals surface area contributed by atoms with Crippen molar-refractivity contribution in [1.82, 2.24) is 9.80 Å². The van der Waals surface area contributed by atoms with Crippen molar-refractivity contribution in [1.29, 1.82) is 0 Å². The standard InChI is InChI=1S/C14H22N2OS/c1-11-3-4-13(18-11)9-16-8-12-7-15(2)5-6-17-14(12)10-16/h3-4,12,14H,5-10H2,1-2H3/t12-,14+/m1/s1. The summed E-state index contributed by atoms with van der Waals surface area (Å²) in [5, 5.41) is 0. The summed E-state index contributed by atoms with van der Waals surface area (Å²) >= 11 is 1.92. The van der Waals surface area contributed by atoms with Crippen LogP contribution in [0.1, 0.15) is 9.75 Å². The average Bonchev–Trinajstić information content (AvgIpc) is 2.83. The van der Waals surface area contributed by atoms with E-state index in [1.165, 1.54) is 22.8 Å². The van der Waals surface area contributed by atoms with Gasteiger partial charge >= 0.3 is 0 Å². The van der Waals surface area contributed by atoms with Gasteiger partial charge in [-0.15, -0.1) is 11.3 Å². The maximum atomic E-state index is 5.99. The second kappa shape index (κ2) is 5.29. The molecule has 1 aromatic rings.